The average molecular weight is 464 g/mol. The quantitative estimate of drug-likeness (QED) is 0.256. The summed E-state index contributed by atoms with van der Waals surface area (Å²) >= 11 is 0. The molecule has 8 rings (SSSR count). The van der Waals surface area contributed by atoms with Crippen LogP contribution >= 0.6 is 0 Å². The van der Waals surface area contributed by atoms with E-state index in [1.165, 1.54) is 33.0 Å². The Hall–Kier alpha value is -4.77. The fourth-order valence-electron chi connectivity index (χ4n) is 5.89. The van der Waals surface area contributed by atoms with Crippen LogP contribution in [-0.4, -0.2) is 24.3 Å². The zero-order valence-electron chi connectivity index (χ0n) is 19.9. The summed E-state index contributed by atoms with van der Waals surface area (Å²) in [5.41, 5.74) is 11.3. The van der Waals surface area contributed by atoms with E-state index in [-0.39, 0.29) is 0 Å². The van der Waals surface area contributed by atoms with Gasteiger partial charge in [-0.25, -0.2) is 4.98 Å². The lowest BCUT2D eigenvalue weighted by atomic mass is 9.95. The third kappa shape index (κ3) is 2.46. The van der Waals surface area contributed by atoms with E-state index < -0.39 is 0 Å². The van der Waals surface area contributed by atoms with Crippen LogP contribution in [0.3, 0.4) is 0 Å². The first-order valence-electron chi connectivity index (χ1n) is 12.1. The third-order valence-corrected chi connectivity index (χ3v) is 7.56. The first kappa shape index (κ1) is 19.5. The maximum absolute atomic E-state index is 5.00. The van der Waals surface area contributed by atoms with Crippen LogP contribution in [0.5, 0.6) is 0 Å². The molecule has 0 aliphatic carbocycles. The van der Waals surface area contributed by atoms with Gasteiger partial charge in [0, 0.05) is 51.0 Å². The highest BCUT2D eigenvalue weighted by atomic mass is 15.0. The molecular weight excluding hydrogens is 442 g/mol. The number of H-pyrrole nitrogens is 1. The van der Waals surface area contributed by atoms with E-state index in [1.54, 1.807) is 0 Å². The summed E-state index contributed by atoms with van der Waals surface area (Å²) in [7, 11) is 0. The van der Waals surface area contributed by atoms with Gasteiger partial charge in [-0.15, -0.1) is 0 Å². The van der Waals surface area contributed by atoms with Crippen molar-refractivity contribution in [2.45, 2.75) is 13.8 Å². The fourth-order valence-corrected chi connectivity index (χ4v) is 5.89. The minimum atomic E-state index is 0.887. The van der Waals surface area contributed by atoms with Crippen LogP contribution in [0.1, 0.15) is 11.1 Å². The predicted molar refractivity (Wildman–Crippen MR) is 148 cm³/mol. The molecule has 36 heavy (non-hydrogen) atoms. The van der Waals surface area contributed by atoms with Gasteiger partial charge in [0.15, 0.2) is 0 Å². The molecule has 170 valence electrons. The number of nitrogens with zero attached hydrogens (tertiary/aromatic N) is 4. The van der Waals surface area contributed by atoms with Gasteiger partial charge >= 0.3 is 0 Å². The molecular formula is C31H21N5. The number of nitrogens with one attached hydrogen (secondary N) is 1. The summed E-state index contributed by atoms with van der Waals surface area (Å²) in [4.78, 5) is 17.6. The molecule has 5 heterocycles. The number of imidazole rings is 1. The molecule has 0 aliphatic heterocycles. The van der Waals surface area contributed by atoms with Gasteiger partial charge in [0.1, 0.15) is 11.2 Å². The topological polar surface area (TPSA) is 58.9 Å². The van der Waals surface area contributed by atoms with Gasteiger partial charge in [0.25, 0.3) is 0 Å². The molecule has 8 aromatic rings. The van der Waals surface area contributed by atoms with Crippen LogP contribution in [-0.2, 0) is 0 Å². The molecule has 0 spiro atoms. The summed E-state index contributed by atoms with van der Waals surface area (Å²) < 4.78 is 2.23. The van der Waals surface area contributed by atoms with Crippen LogP contribution in [0.4, 0.5) is 0 Å². The van der Waals surface area contributed by atoms with Gasteiger partial charge in [-0.05, 0) is 66.4 Å². The van der Waals surface area contributed by atoms with Gasteiger partial charge in [0.05, 0.1) is 22.7 Å². The number of aromatic nitrogens is 5. The van der Waals surface area contributed by atoms with E-state index in [4.69, 9.17) is 4.98 Å². The molecule has 5 heteroatoms. The Morgan fingerprint density at radius 1 is 0.694 bits per heavy atom. The van der Waals surface area contributed by atoms with Crippen molar-refractivity contribution in [3.63, 3.8) is 0 Å². The molecule has 0 atom stereocenters. The normalized spacial score (nSPS) is 12.2. The largest absolute Gasteiger partial charge is 0.354 e. The maximum atomic E-state index is 5.00. The van der Waals surface area contributed by atoms with E-state index in [1.807, 2.05) is 30.9 Å². The average Bonchev–Trinajstić information content (AvgIpc) is 3.47. The lowest BCUT2D eigenvalue weighted by Crippen LogP contribution is -1.92. The lowest BCUT2D eigenvalue weighted by molar-refractivity contribution is 1.28. The Morgan fingerprint density at radius 3 is 2.39 bits per heavy atom. The predicted octanol–water partition coefficient (Wildman–Crippen LogP) is 7.50. The monoisotopic (exact) mass is 463 g/mol. The summed E-state index contributed by atoms with van der Waals surface area (Å²) in [6, 6.07) is 21.7. The van der Waals surface area contributed by atoms with Gasteiger partial charge in [0.2, 0.25) is 0 Å². The summed E-state index contributed by atoms with van der Waals surface area (Å²) in [6.07, 6.45) is 7.48. The Balaban J connectivity index is 1.55. The number of hydrogen-bond acceptors (Lipinski definition) is 3. The molecule has 0 unspecified atom stereocenters. The molecule has 5 aromatic heterocycles. The van der Waals surface area contributed by atoms with E-state index in [2.05, 4.69) is 87.8 Å². The van der Waals surface area contributed by atoms with Crippen molar-refractivity contribution in [2.75, 3.05) is 0 Å². The van der Waals surface area contributed by atoms with E-state index in [9.17, 15) is 0 Å². The fraction of sp³-hybridized carbons (Fsp3) is 0.0645. The SMILES string of the molecule is Cc1ccccc1-c1cc2[nH]c3c(ccc4c3c3cnccc3n3c5ccncc5nc43)c2cc1C. The number of pyridine rings is 3. The highest BCUT2D eigenvalue weighted by molar-refractivity contribution is 6.27. The lowest BCUT2D eigenvalue weighted by Gasteiger charge is -2.10. The summed E-state index contributed by atoms with van der Waals surface area (Å²) in [5.74, 6) is 0. The first-order chi connectivity index (χ1) is 17.7. The summed E-state index contributed by atoms with van der Waals surface area (Å²) in [5, 5.41) is 5.80. The minimum absolute atomic E-state index is 0.887. The van der Waals surface area contributed by atoms with Gasteiger partial charge in [-0.3, -0.25) is 14.4 Å². The summed E-state index contributed by atoms with van der Waals surface area (Å²) in [6.45, 7) is 4.38. The highest BCUT2D eigenvalue weighted by Crippen LogP contribution is 2.40. The Labute approximate surface area is 206 Å². The Bertz CT molecular complexity index is 2180. The van der Waals surface area contributed by atoms with Crippen molar-refractivity contribution < 1.29 is 0 Å². The first-order valence-corrected chi connectivity index (χ1v) is 12.1. The number of aryl methyl sites for hydroxylation is 2. The molecule has 0 saturated heterocycles. The molecule has 0 amide bonds. The van der Waals surface area contributed by atoms with Crippen LogP contribution in [0.25, 0.3) is 71.3 Å². The molecule has 0 saturated carbocycles. The highest BCUT2D eigenvalue weighted by Gasteiger charge is 2.18. The van der Waals surface area contributed by atoms with Crippen molar-refractivity contribution in [1.29, 1.82) is 0 Å². The second-order valence-electron chi connectivity index (χ2n) is 9.59. The van der Waals surface area contributed by atoms with Crippen LogP contribution in [0.2, 0.25) is 0 Å². The maximum Gasteiger partial charge on any atom is 0.146 e. The van der Waals surface area contributed by atoms with Gasteiger partial charge in [-0.1, -0.05) is 30.3 Å². The van der Waals surface area contributed by atoms with Gasteiger partial charge in [-0.2, -0.15) is 0 Å². The second kappa shape index (κ2) is 6.89. The van der Waals surface area contributed by atoms with Crippen molar-refractivity contribution in [2.24, 2.45) is 0 Å². The molecule has 5 nitrogen and oxygen atoms in total. The van der Waals surface area contributed by atoms with Crippen molar-refractivity contribution >= 4 is 60.2 Å². The zero-order valence-corrected chi connectivity index (χ0v) is 19.9. The second-order valence-corrected chi connectivity index (χ2v) is 9.59. The molecule has 0 fully saturated rings. The Kier molecular flexibility index (Phi) is 3.74. The van der Waals surface area contributed by atoms with Gasteiger partial charge < -0.3 is 4.98 Å². The minimum Gasteiger partial charge on any atom is -0.354 e. The molecule has 0 radical (unpaired) electrons. The number of fused-ring (bicyclic) bond motifs is 12. The molecule has 1 N–H and O–H groups in total. The van der Waals surface area contributed by atoms with Crippen LogP contribution in [0, 0.1) is 13.8 Å². The molecule has 3 aromatic carbocycles. The van der Waals surface area contributed by atoms with Crippen molar-refractivity contribution in [3.8, 4) is 11.1 Å². The smallest absolute Gasteiger partial charge is 0.146 e. The van der Waals surface area contributed by atoms with Crippen LogP contribution in [0.15, 0.2) is 85.5 Å². The number of aromatic amines is 1. The Morgan fingerprint density at radius 2 is 1.50 bits per heavy atom. The standard InChI is InChI=1S/C31H21N5/c1-17-5-3-4-6-19(17)22-14-25-23(13-18(22)2)20-7-8-21-29(30(20)34-25)24-15-32-11-9-27(24)36-28-10-12-33-16-26(28)35-31(21)36/h3-16,34H,1-2H3. The van der Waals surface area contributed by atoms with E-state index in [0.717, 1.165) is 49.4 Å². The van der Waals surface area contributed by atoms with E-state index in [0.29, 0.717) is 0 Å². The molecule has 0 aliphatic rings. The zero-order chi connectivity index (χ0) is 24.0. The number of benzene rings is 3. The third-order valence-electron chi connectivity index (χ3n) is 7.56. The van der Waals surface area contributed by atoms with Crippen molar-refractivity contribution in [3.05, 3.63) is 96.6 Å². The number of hydrogen-bond donors (Lipinski definition) is 1. The molecule has 0 bridgehead atoms. The van der Waals surface area contributed by atoms with Crippen LogP contribution < -0.4 is 0 Å². The van der Waals surface area contributed by atoms with Crippen molar-refractivity contribution in [1.82, 2.24) is 24.3 Å². The van der Waals surface area contributed by atoms with E-state index >= 15 is 0 Å². The number of rotatable bonds is 1.